The summed E-state index contributed by atoms with van der Waals surface area (Å²) in [6.45, 7) is 5.45. The van der Waals surface area contributed by atoms with E-state index < -0.39 is 0 Å². The maximum absolute atomic E-state index is 5.66. The Morgan fingerprint density at radius 2 is 1.94 bits per heavy atom. The second kappa shape index (κ2) is 7.38. The first kappa shape index (κ1) is 13.4. The van der Waals surface area contributed by atoms with E-state index in [0.29, 0.717) is 0 Å². The number of hydrogen-bond donors (Lipinski definition) is 1. The van der Waals surface area contributed by atoms with Gasteiger partial charge < -0.3 is 10.1 Å². The molecule has 2 fully saturated rings. The molecule has 1 N–H and O–H groups in total. The van der Waals surface area contributed by atoms with Crippen LogP contribution in [0.3, 0.4) is 0 Å². The normalized spacial score (nSPS) is 29.5. The van der Waals surface area contributed by atoms with Crippen LogP contribution in [0.15, 0.2) is 0 Å². The number of nitrogens with one attached hydrogen (secondary N) is 1. The van der Waals surface area contributed by atoms with E-state index in [1.807, 2.05) is 0 Å². The van der Waals surface area contributed by atoms with E-state index in [1.165, 1.54) is 51.4 Å². The van der Waals surface area contributed by atoms with Crippen LogP contribution in [-0.4, -0.2) is 25.8 Å². The Morgan fingerprint density at radius 1 is 1.12 bits per heavy atom. The molecule has 2 atom stereocenters. The summed E-state index contributed by atoms with van der Waals surface area (Å²) in [4.78, 5) is 0. The largest absolute Gasteiger partial charge is 0.381 e. The molecule has 0 aromatic carbocycles. The zero-order valence-electron chi connectivity index (χ0n) is 11.4. The molecular formula is C15H29NO. The molecule has 0 spiro atoms. The molecule has 0 bridgehead atoms. The van der Waals surface area contributed by atoms with Gasteiger partial charge in [-0.05, 0) is 50.5 Å². The summed E-state index contributed by atoms with van der Waals surface area (Å²) in [5.74, 6) is 1.84. The van der Waals surface area contributed by atoms with Crippen LogP contribution in [0.2, 0.25) is 0 Å². The Labute approximate surface area is 107 Å². The second-order valence-corrected chi connectivity index (χ2v) is 5.89. The summed E-state index contributed by atoms with van der Waals surface area (Å²) in [6.07, 6.45) is 11.0. The summed E-state index contributed by atoms with van der Waals surface area (Å²) >= 11 is 0. The molecule has 2 aliphatic carbocycles. The van der Waals surface area contributed by atoms with E-state index in [4.69, 9.17) is 4.74 Å². The molecule has 0 aliphatic heterocycles. The maximum Gasteiger partial charge on any atom is 0.0494 e. The molecule has 100 valence electrons. The van der Waals surface area contributed by atoms with E-state index in [1.54, 1.807) is 0 Å². The lowest BCUT2D eigenvalue weighted by atomic mass is 9.83. The molecule has 2 unspecified atom stereocenters. The summed E-state index contributed by atoms with van der Waals surface area (Å²) in [7, 11) is 0. The molecule has 2 nitrogen and oxygen atoms in total. The van der Waals surface area contributed by atoms with E-state index in [9.17, 15) is 0 Å². The summed E-state index contributed by atoms with van der Waals surface area (Å²) < 4.78 is 5.66. The van der Waals surface area contributed by atoms with Crippen LogP contribution in [-0.2, 0) is 4.74 Å². The molecule has 0 amide bonds. The van der Waals surface area contributed by atoms with Crippen LogP contribution in [0.25, 0.3) is 0 Å². The molecule has 2 rings (SSSR count). The monoisotopic (exact) mass is 239 g/mol. The van der Waals surface area contributed by atoms with Gasteiger partial charge in [-0.3, -0.25) is 0 Å². The number of hydrogen-bond acceptors (Lipinski definition) is 2. The second-order valence-electron chi connectivity index (χ2n) is 5.89. The van der Waals surface area contributed by atoms with Gasteiger partial charge >= 0.3 is 0 Å². The fourth-order valence-corrected chi connectivity index (χ4v) is 2.96. The van der Waals surface area contributed by atoms with Crippen molar-refractivity contribution in [3.05, 3.63) is 0 Å². The van der Waals surface area contributed by atoms with E-state index in [0.717, 1.165) is 37.6 Å². The zero-order chi connectivity index (χ0) is 11.9. The van der Waals surface area contributed by atoms with Gasteiger partial charge in [-0.15, -0.1) is 0 Å². The third-order valence-corrected chi connectivity index (χ3v) is 4.36. The van der Waals surface area contributed by atoms with Crippen LogP contribution in [0.1, 0.15) is 58.3 Å². The lowest BCUT2D eigenvalue weighted by molar-refractivity contribution is 0.120. The van der Waals surface area contributed by atoms with Gasteiger partial charge in [0.25, 0.3) is 0 Å². The molecule has 2 heteroatoms. The third kappa shape index (κ3) is 4.97. The van der Waals surface area contributed by atoms with Crippen LogP contribution < -0.4 is 5.32 Å². The summed E-state index contributed by atoms with van der Waals surface area (Å²) in [6, 6.07) is 0.789. The first-order valence-electron chi connectivity index (χ1n) is 7.71. The Balaban J connectivity index is 1.47. The highest BCUT2D eigenvalue weighted by molar-refractivity contribution is 4.79. The van der Waals surface area contributed by atoms with Crippen molar-refractivity contribution in [2.24, 2.45) is 11.8 Å². The summed E-state index contributed by atoms with van der Waals surface area (Å²) in [5.41, 5.74) is 0. The quantitative estimate of drug-likeness (QED) is 0.656. The minimum Gasteiger partial charge on any atom is -0.381 e. The lowest BCUT2D eigenvalue weighted by Crippen LogP contribution is -2.39. The van der Waals surface area contributed by atoms with Gasteiger partial charge in [0.1, 0.15) is 0 Å². The van der Waals surface area contributed by atoms with Crippen molar-refractivity contribution < 1.29 is 4.74 Å². The van der Waals surface area contributed by atoms with Crippen molar-refractivity contribution in [3.8, 4) is 0 Å². The smallest absolute Gasteiger partial charge is 0.0494 e. The fraction of sp³-hybridized carbons (Fsp3) is 1.00. The topological polar surface area (TPSA) is 21.3 Å². The average molecular weight is 239 g/mol. The van der Waals surface area contributed by atoms with Gasteiger partial charge in [-0.25, -0.2) is 0 Å². The van der Waals surface area contributed by atoms with Crippen LogP contribution in [0, 0.1) is 11.8 Å². The Bertz CT molecular complexity index is 203. The van der Waals surface area contributed by atoms with E-state index >= 15 is 0 Å². The van der Waals surface area contributed by atoms with Crippen molar-refractivity contribution in [1.82, 2.24) is 5.32 Å². The maximum atomic E-state index is 5.66. The highest BCUT2D eigenvalue weighted by Crippen LogP contribution is 2.29. The average Bonchev–Trinajstić information content (AvgIpc) is 3.18. The van der Waals surface area contributed by atoms with E-state index in [-0.39, 0.29) is 0 Å². The van der Waals surface area contributed by atoms with E-state index in [2.05, 4.69) is 12.2 Å². The van der Waals surface area contributed by atoms with Crippen molar-refractivity contribution in [2.75, 3.05) is 19.8 Å². The highest BCUT2D eigenvalue weighted by atomic mass is 16.5. The Hall–Kier alpha value is -0.0800. The predicted molar refractivity (Wildman–Crippen MR) is 72.2 cm³/mol. The minimum absolute atomic E-state index is 0.789. The van der Waals surface area contributed by atoms with Gasteiger partial charge in [0.2, 0.25) is 0 Å². The molecule has 17 heavy (non-hydrogen) atoms. The molecular weight excluding hydrogens is 210 g/mol. The van der Waals surface area contributed by atoms with Gasteiger partial charge in [-0.1, -0.05) is 26.2 Å². The van der Waals surface area contributed by atoms with Gasteiger partial charge in [0.15, 0.2) is 0 Å². The number of rotatable bonds is 8. The molecule has 0 aromatic rings. The summed E-state index contributed by atoms with van der Waals surface area (Å²) in [5, 5.41) is 3.75. The van der Waals surface area contributed by atoms with Crippen molar-refractivity contribution in [3.63, 3.8) is 0 Å². The lowest BCUT2D eigenvalue weighted by Gasteiger charge is -2.31. The first-order chi connectivity index (χ1) is 8.40. The standard InChI is InChI=1S/C15H29NO/c1-2-14-6-3-4-7-15(14)16-10-5-11-17-12-13-8-9-13/h13-16H,2-12H2,1H3. The van der Waals surface area contributed by atoms with Gasteiger partial charge in [0.05, 0.1) is 0 Å². The first-order valence-corrected chi connectivity index (χ1v) is 7.71. The molecule has 0 radical (unpaired) electrons. The van der Waals surface area contributed by atoms with Crippen LogP contribution in [0.4, 0.5) is 0 Å². The minimum atomic E-state index is 0.789. The SMILES string of the molecule is CCC1CCCCC1NCCCOCC1CC1. The third-order valence-electron chi connectivity index (χ3n) is 4.36. The molecule has 0 heterocycles. The van der Waals surface area contributed by atoms with Gasteiger partial charge in [0, 0.05) is 19.3 Å². The molecule has 2 aliphatic rings. The Morgan fingerprint density at radius 3 is 2.71 bits per heavy atom. The fourth-order valence-electron chi connectivity index (χ4n) is 2.96. The van der Waals surface area contributed by atoms with Crippen molar-refractivity contribution >= 4 is 0 Å². The Kier molecular flexibility index (Phi) is 5.79. The van der Waals surface area contributed by atoms with Crippen molar-refractivity contribution in [1.29, 1.82) is 0 Å². The zero-order valence-corrected chi connectivity index (χ0v) is 11.4. The van der Waals surface area contributed by atoms with Crippen LogP contribution in [0.5, 0.6) is 0 Å². The predicted octanol–water partition coefficient (Wildman–Crippen LogP) is 3.36. The van der Waals surface area contributed by atoms with Crippen molar-refractivity contribution in [2.45, 2.75) is 64.3 Å². The molecule has 2 saturated carbocycles. The number of ether oxygens (including phenoxy) is 1. The van der Waals surface area contributed by atoms with Crippen LogP contribution >= 0.6 is 0 Å². The highest BCUT2D eigenvalue weighted by Gasteiger charge is 2.23. The van der Waals surface area contributed by atoms with Gasteiger partial charge in [-0.2, -0.15) is 0 Å². The molecule has 0 saturated heterocycles. The molecule has 0 aromatic heterocycles.